The third-order valence-corrected chi connectivity index (χ3v) is 2.57. The van der Waals surface area contributed by atoms with Crippen molar-refractivity contribution in [1.29, 1.82) is 0 Å². The first-order valence-electron chi connectivity index (χ1n) is 4.61. The van der Waals surface area contributed by atoms with Crippen molar-refractivity contribution in [2.45, 2.75) is 0 Å². The van der Waals surface area contributed by atoms with Crippen molar-refractivity contribution in [2.75, 3.05) is 5.73 Å². The topological polar surface area (TPSA) is 48.1 Å². The molecular weight excluding hydrogens is 294 g/mol. The summed E-state index contributed by atoms with van der Waals surface area (Å²) in [6.07, 6.45) is 1.39. The third-order valence-electron chi connectivity index (χ3n) is 1.97. The summed E-state index contributed by atoms with van der Waals surface area (Å²) in [7, 11) is 0. The molecule has 0 unspecified atom stereocenters. The molecule has 2 N–H and O–H groups in total. The molecule has 6 heteroatoms. The number of nitrogens with zero attached hydrogens (tertiary/aromatic N) is 1. The molecule has 2 aromatic rings. The third kappa shape index (κ3) is 2.52. The highest BCUT2D eigenvalue weighted by Crippen LogP contribution is 2.32. The Balaban J connectivity index is 2.41. The van der Waals surface area contributed by atoms with Gasteiger partial charge in [0, 0.05) is 12.3 Å². The van der Waals surface area contributed by atoms with E-state index in [1.807, 2.05) is 0 Å². The molecule has 88 valence electrons. The highest BCUT2D eigenvalue weighted by Gasteiger charge is 2.13. The number of aromatic nitrogens is 1. The van der Waals surface area contributed by atoms with Gasteiger partial charge in [-0.3, -0.25) is 0 Å². The van der Waals surface area contributed by atoms with Crippen molar-refractivity contribution >= 4 is 21.7 Å². The van der Waals surface area contributed by atoms with Gasteiger partial charge in [0.2, 0.25) is 0 Å². The summed E-state index contributed by atoms with van der Waals surface area (Å²) in [4.78, 5) is 3.79. The molecule has 2 rings (SSSR count). The summed E-state index contributed by atoms with van der Waals surface area (Å²) in [6.45, 7) is 0. The van der Waals surface area contributed by atoms with Gasteiger partial charge in [0.1, 0.15) is 11.6 Å². The van der Waals surface area contributed by atoms with Crippen molar-refractivity contribution in [3.8, 4) is 11.5 Å². The zero-order valence-corrected chi connectivity index (χ0v) is 10.0. The molecule has 0 aliphatic rings. The number of hydrogen-bond acceptors (Lipinski definition) is 3. The number of halogens is 3. The fourth-order valence-corrected chi connectivity index (χ4v) is 1.50. The van der Waals surface area contributed by atoms with Crippen molar-refractivity contribution in [3.05, 3.63) is 46.6 Å². The lowest BCUT2D eigenvalue weighted by atomic mass is 10.3. The minimum Gasteiger partial charge on any atom is -0.450 e. The van der Waals surface area contributed by atoms with Gasteiger partial charge >= 0.3 is 0 Å². The fraction of sp³-hybridized carbons (Fsp3) is 0. The van der Waals surface area contributed by atoms with Crippen LogP contribution in [0.25, 0.3) is 0 Å². The number of rotatable bonds is 2. The lowest BCUT2D eigenvalue weighted by Gasteiger charge is -2.09. The molecule has 1 aromatic carbocycles. The van der Waals surface area contributed by atoms with E-state index in [1.54, 1.807) is 0 Å². The maximum atomic E-state index is 13.3. The summed E-state index contributed by atoms with van der Waals surface area (Å²) < 4.78 is 32.3. The van der Waals surface area contributed by atoms with Crippen molar-refractivity contribution < 1.29 is 13.5 Å². The Morgan fingerprint density at radius 2 is 1.88 bits per heavy atom. The van der Waals surface area contributed by atoms with Gasteiger partial charge in [-0.2, -0.15) is 0 Å². The zero-order chi connectivity index (χ0) is 12.4. The number of para-hydroxylation sites is 1. The molecular formula is C11H7BrF2N2O. The largest absolute Gasteiger partial charge is 0.450 e. The van der Waals surface area contributed by atoms with E-state index in [4.69, 9.17) is 10.5 Å². The highest BCUT2D eigenvalue weighted by molar-refractivity contribution is 9.10. The molecule has 0 amide bonds. The molecule has 3 nitrogen and oxygen atoms in total. The van der Waals surface area contributed by atoms with Crippen LogP contribution >= 0.6 is 15.9 Å². The number of anilines is 1. The van der Waals surface area contributed by atoms with Gasteiger partial charge in [0.05, 0.1) is 4.47 Å². The Morgan fingerprint density at radius 1 is 1.24 bits per heavy atom. The molecule has 17 heavy (non-hydrogen) atoms. The molecule has 0 bridgehead atoms. The Labute approximate surface area is 104 Å². The number of hydrogen-bond donors (Lipinski definition) is 1. The lowest BCUT2D eigenvalue weighted by Crippen LogP contribution is -1.95. The molecule has 0 fully saturated rings. The maximum absolute atomic E-state index is 13.3. The first-order chi connectivity index (χ1) is 8.08. The van der Waals surface area contributed by atoms with E-state index in [9.17, 15) is 8.78 Å². The first-order valence-corrected chi connectivity index (χ1v) is 5.40. The van der Waals surface area contributed by atoms with Crippen LogP contribution in [0, 0.1) is 11.6 Å². The molecule has 0 spiro atoms. The molecule has 0 aliphatic carbocycles. The van der Waals surface area contributed by atoms with E-state index in [1.165, 1.54) is 18.3 Å². The van der Waals surface area contributed by atoms with Gasteiger partial charge in [0.15, 0.2) is 17.4 Å². The van der Waals surface area contributed by atoms with Crippen LogP contribution in [0.2, 0.25) is 0 Å². The smallest absolute Gasteiger partial charge is 0.198 e. The van der Waals surface area contributed by atoms with Crippen LogP contribution in [0.15, 0.2) is 34.9 Å². The SMILES string of the molecule is Nc1cc(Oc2c(F)cccc2F)c(Br)cn1. The zero-order valence-electron chi connectivity index (χ0n) is 8.45. The van der Waals surface area contributed by atoms with E-state index >= 15 is 0 Å². The Morgan fingerprint density at radius 3 is 2.53 bits per heavy atom. The Bertz CT molecular complexity index is 543. The van der Waals surface area contributed by atoms with Crippen molar-refractivity contribution in [1.82, 2.24) is 4.98 Å². The normalized spacial score (nSPS) is 10.3. The van der Waals surface area contributed by atoms with E-state index in [0.29, 0.717) is 4.47 Å². The van der Waals surface area contributed by atoms with Crippen LogP contribution in [0.5, 0.6) is 11.5 Å². The molecule has 0 radical (unpaired) electrons. The lowest BCUT2D eigenvalue weighted by molar-refractivity contribution is 0.405. The van der Waals surface area contributed by atoms with Crippen LogP contribution in [-0.4, -0.2) is 4.98 Å². The number of pyridine rings is 1. The fourth-order valence-electron chi connectivity index (χ4n) is 1.20. The highest BCUT2D eigenvalue weighted by atomic mass is 79.9. The Hall–Kier alpha value is -1.69. The molecule has 0 atom stereocenters. The van der Waals surface area contributed by atoms with Crippen molar-refractivity contribution in [3.63, 3.8) is 0 Å². The van der Waals surface area contributed by atoms with Gasteiger partial charge in [-0.05, 0) is 28.1 Å². The maximum Gasteiger partial charge on any atom is 0.198 e. The molecule has 0 aliphatic heterocycles. The quantitative estimate of drug-likeness (QED) is 0.923. The van der Waals surface area contributed by atoms with Crippen LogP contribution in [0.1, 0.15) is 0 Å². The van der Waals surface area contributed by atoms with Crippen LogP contribution in [0.3, 0.4) is 0 Å². The number of nitrogens with two attached hydrogens (primary N) is 1. The molecule has 0 saturated carbocycles. The summed E-state index contributed by atoms with van der Waals surface area (Å²) in [6, 6.07) is 4.84. The predicted octanol–water partition coefficient (Wildman–Crippen LogP) is 3.50. The number of ether oxygens (including phenoxy) is 1. The summed E-state index contributed by atoms with van der Waals surface area (Å²) in [5, 5.41) is 0. The first kappa shape index (κ1) is 11.8. The molecule has 1 heterocycles. The average Bonchev–Trinajstić information content (AvgIpc) is 2.28. The van der Waals surface area contributed by atoms with Gasteiger partial charge in [-0.15, -0.1) is 0 Å². The second-order valence-electron chi connectivity index (χ2n) is 3.19. The minimum absolute atomic E-state index is 0.194. The summed E-state index contributed by atoms with van der Waals surface area (Å²) >= 11 is 3.15. The summed E-state index contributed by atoms with van der Waals surface area (Å²) in [5.41, 5.74) is 5.46. The number of benzene rings is 1. The van der Waals surface area contributed by atoms with E-state index < -0.39 is 17.4 Å². The second kappa shape index (κ2) is 4.67. The minimum atomic E-state index is -0.785. The van der Waals surface area contributed by atoms with E-state index in [0.717, 1.165) is 12.1 Å². The average molecular weight is 301 g/mol. The molecule has 1 aromatic heterocycles. The second-order valence-corrected chi connectivity index (χ2v) is 4.05. The van der Waals surface area contributed by atoms with E-state index in [-0.39, 0.29) is 11.6 Å². The van der Waals surface area contributed by atoms with Gasteiger partial charge < -0.3 is 10.5 Å². The van der Waals surface area contributed by atoms with E-state index in [2.05, 4.69) is 20.9 Å². The van der Waals surface area contributed by atoms with Crippen LogP contribution in [0.4, 0.5) is 14.6 Å². The predicted molar refractivity (Wildman–Crippen MR) is 62.8 cm³/mol. The number of nitrogen functional groups attached to an aromatic ring is 1. The standard InChI is InChI=1S/C11H7BrF2N2O/c12-6-5-16-10(15)4-9(6)17-11-7(13)2-1-3-8(11)14/h1-5H,(H2,15,16). The van der Waals surface area contributed by atoms with Crippen molar-refractivity contribution in [2.24, 2.45) is 0 Å². The van der Waals surface area contributed by atoms with Gasteiger partial charge in [-0.1, -0.05) is 6.07 Å². The van der Waals surface area contributed by atoms with Gasteiger partial charge in [-0.25, -0.2) is 13.8 Å². The van der Waals surface area contributed by atoms with Crippen LogP contribution in [-0.2, 0) is 0 Å². The van der Waals surface area contributed by atoms with Gasteiger partial charge in [0.25, 0.3) is 0 Å². The Kier molecular flexibility index (Phi) is 3.23. The molecule has 0 saturated heterocycles. The monoisotopic (exact) mass is 300 g/mol. The van der Waals surface area contributed by atoms with Crippen LogP contribution < -0.4 is 10.5 Å². The summed E-state index contributed by atoms with van der Waals surface area (Å²) in [5.74, 6) is -1.65.